The first kappa shape index (κ1) is 13.1. The van der Waals surface area contributed by atoms with Crippen LogP contribution in [0.1, 0.15) is 12.8 Å². The standard InChI is InChI=1S/C9H14N4O4/c1-6(14)13-7(9(15)16)4-10-3-2-8-11-5-12-17-8/h5,7,10H,2-4H2,1H3,(H,13,14)(H,15,16). The Morgan fingerprint density at radius 3 is 2.88 bits per heavy atom. The lowest BCUT2D eigenvalue weighted by atomic mass is 10.3. The number of nitrogens with zero attached hydrogens (tertiary/aromatic N) is 2. The largest absolute Gasteiger partial charge is 0.480 e. The molecule has 8 nitrogen and oxygen atoms in total. The number of nitrogens with one attached hydrogen (secondary N) is 2. The predicted octanol–water partition coefficient (Wildman–Crippen LogP) is -1.21. The van der Waals surface area contributed by atoms with E-state index in [1.165, 1.54) is 13.3 Å². The molecule has 3 N–H and O–H groups in total. The minimum absolute atomic E-state index is 0.142. The molecule has 1 amide bonds. The van der Waals surface area contributed by atoms with Crippen LogP contribution < -0.4 is 10.6 Å². The Morgan fingerprint density at radius 1 is 1.59 bits per heavy atom. The van der Waals surface area contributed by atoms with Crippen molar-refractivity contribution in [3.63, 3.8) is 0 Å². The highest BCUT2D eigenvalue weighted by Gasteiger charge is 2.17. The number of aliphatic carboxylic acids is 1. The van der Waals surface area contributed by atoms with Crippen molar-refractivity contribution >= 4 is 11.9 Å². The van der Waals surface area contributed by atoms with Gasteiger partial charge in [0.2, 0.25) is 11.8 Å². The van der Waals surface area contributed by atoms with Crippen LogP contribution in [0.3, 0.4) is 0 Å². The van der Waals surface area contributed by atoms with E-state index in [0.717, 1.165) is 0 Å². The molecular weight excluding hydrogens is 228 g/mol. The second-order valence-corrected chi connectivity index (χ2v) is 3.38. The van der Waals surface area contributed by atoms with E-state index in [1.54, 1.807) is 0 Å². The molecule has 1 unspecified atom stereocenters. The summed E-state index contributed by atoms with van der Waals surface area (Å²) in [5.74, 6) is -0.981. The van der Waals surface area contributed by atoms with E-state index in [1.807, 2.05) is 0 Å². The summed E-state index contributed by atoms with van der Waals surface area (Å²) in [6.45, 7) is 1.91. The first-order valence-electron chi connectivity index (χ1n) is 5.05. The number of hydrogen-bond donors (Lipinski definition) is 3. The fourth-order valence-electron chi connectivity index (χ4n) is 1.19. The topological polar surface area (TPSA) is 117 Å². The quantitative estimate of drug-likeness (QED) is 0.513. The molecular formula is C9H14N4O4. The van der Waals surface area contributed by atoms with Gasteiger partial charge in [-0.25, -0.2) is 4.79 Å². The van der Waals surface area contributed by atoms with Crippen LogP contribution in [0, 0.1) is 0 Å². The second-order valence-electron chi connectivity index (χ2n) is 3.38. The van der Waals surface area contributed by atoms with Crippen molar-refractivity contribution in [2.24, 2.45) is 0 Å². The molecule has 0 aliphatic heterocycles. The van der Waals surface area contributed by atoms with Gasteiger partial charge in [-0.1, -0.05) is 5.16 Å². The third kappa shape index (κ3) is 5.07. The fourth-order valence-corrected chi connectivity index (χ4v) is 1.19. The van der Waals surface area contributed by atoms with E-state index in [2.05, 4.69) is 20.8 Å². The Bertz CT molecular complexity index is 365. The number of carboxylic acids is 1. The van der Waals surface area contributed by atoms with Crippen LogP contribution in [0.25, 0.3) is 0 Å². The van der Waals surface area contributed by atoms with Crippen LogP contribution in [0.5, 0.6) is 0 Å². The van der Waals surface area contributed by atoms with E-state index in [-0.39, 0.29) is 12.5 Å². The zero-order valence-electron chi connectivity index (χ0n) is 9.34. The van der Waals surface area contributed by atoms with Crippen molar-refractivity contribution in [3.8, 4) is 0 Å². The summed E-state index contributed by atoms with van der Waals surface area (Å²) in [4.78, 5) is 25.3. The van der Waals surface area contributed by atoms with Crippen LogP contribution in [0.2, 0.25) is 0 Å². The Kier molecular flexibility index (Phi) is 5.08. The molecule has 1 rings (SSSR count). The van der Waals surface area contributed by atoms with Gasteiger partial charge < -0.3 is 20.3 Å². The van der Waals surface area contributed by atoms with Crippen molar-refractivity contribution < 1.29 is 19.2 Å². The zero-order valence-corrected chi connectivity index (χ0v) is 9.34. The number of aromatic nitrogens is 2. The molecule has 0 radical (unpaired) electrons. The summed E-state index contributed by atoms with van der Waals surface area (Å²) in [6.07, 6.45) is 1.80. The number of amides is 1. The van der Waals surface area contributed by atoms with Crippen LogP contribution in [0.4, 0.5) is 0 Å². The summed E-state index contributed by atoms with van der Waals surface area (Å²) in [7, 11) is 0. The van der Waals surface area contributed by atoms with Gasteiger partial charge in [-0.2, -0.15) is 4.98 Å². The van der Waals surface area contributed by atoms with Crippen molar-refractivity contribution in [3.05, 3.63) is 12.2 Å². The van der Waals surface area contributed by atoms with Crippen LogP contribution >= 0.6 is 0 Å². The lowest BCUT2D eigenvalue weighted by Crippen LogP contribution is -2.46. The zero-order chi connectivity index (χ0) is 12.7. The third-order valence-electron chi connectivity index (χ3n) is 1.95. The SMILES string of the molecule is CC(=O)NC(CNCCc1ncno1)C(=O)O. The molecule has 0 aliphatic rings. The van der Waals surface area contributed by atoms with E-state index >= 15 is 0 Å². The molecule has 1 heterocycles. The number of hydrogen-bond acceptors (Lipinski definition) is 6. The molecule has 0 spiro atoms. The molecule has 0 saturated heterocycles. The molecule has 17 heavy (non-hydrogen) atoms. The molecule has 1 aromatic heterocycles. The van der Waals surface area contributed by atoms with Gasteiger partial charge in [-0.15, -0.1) is 0 Å². The van der Waals surface area contributed by atoms with Gasteiger partial charge in [0.25, 0.3) is 0 Å². The first-order chi connectivity index (χ1) is 8.09. The minimum Gasteiger partial charge on any atom is -0.480 e. The molecule has 0 fully saturated rings. The first-order valence-corrected chi connectivity index (χ1v) is 5.05. The lowest BCUT2D eigenvalue weighted by Gasteiger charge is -2.13. The van der Waals surface area contributed by atoms with Crippen molar-refractivity contribution in [1.82, 2.24) is 20.8 Å². The number of rotatable bonds is 7. The van der Waals surface area contributed by atoms with Gasteiger partial charge in [0, 0.05) is 26.4 Å². The van der Waals surface area contributed by atoms with Crippen LogP contribution in [-0.2, 0) is 16.0 Å². The summed E-state index contributed by atoms with van der Waals surface area (Å²) >= 11 is 0. The van der Waals surface area contributed by atoms with Crippen molar-refractivity contribution in [2.75, 3.05) is 13.1 Å². The van der Waals surface area contributed by atoms with E-state index in [9.17, 15) is 9.59 Å². The summed E-state index contributed by atoms with van der Waals surface area (Å²) in [5, 5.41) is 17.5. The molecule has 1 atom stereocenters. The number of carbonyl (C=O) groups is 2. The average molecular weight is 242 g/mol. The van der Waals surface area contributed by atoms with E-state index < -0.39 is 12.0 Å². The van der Waals surface area contributed by atoms with Gasteiger partial charge in [0.15, 0.2) is 6.33 Å². The monoisotopic (exact) mass is 242 g/mol. The smallest absolute Gasteiger partial charge is 0.327 e. The molecule has 8 heteroatoms. The van der Waals surface area contributed by atoms with E-state index in [0.29, 0.717) is 18.9 Å². The fraction of sp³-hybridized carbons (Fsp3) is 0.556. The maximum absolute atomic E-state index is 10.8. The number of carbonyl (C=O) groups excluding carboxylic acids is 1. The number of carboxylic acid groups (broad SMARTS) is 1. The highest BCUT2D eigenvalue weighted by atomic mass is 16.5. The van der Waals surface area contributed by atoms with Crippen molar-refractivity contribution in [2.45, 2.75) is 19.4 Å². The maximum Gasteiger partial charge on any atom is 0.327 e. The summed E-state index contributed by atoms with van der Waals surface area (Å²) in [5.41, 5.74) is 0. The Labute approximate surface area is 97.4 Å². The van der Waals surface area contributed by atoms with Crippen LogP contribution in [-0.4, -0.2) is 46.3 Å². The average Bonchev–Trinajstić information content (AvgIpc) is 2.74. The molecule has 0 bridgehead atoms. The van der Waals surface area contributed by atoms with E-state index in [4.69, 9.17) is 9.63 Å². The van der Waals surface area contributed by atoms with Crippen LogP contribution in [0.15, 0.2) is 10.9 Å². The van der Waals surface area contributed by atoms with Gasteiger partial charge in [-0.05, 0) is 0 Å². The predicted molar refractivity (Wildman–Crippen MR) is 56.1 cm³/mol. The molecule has 0 saturated carbocycles. The van der Waals surface area contributed by atoms with Gasteiger partial charge in [0.05, 0.1) is 0 Å². The maximum atomic E-state index is 10.8. The van der Waals surface area contributed by atoms with Gasteiger partial charge in [0.1, 0.15) is 6.04 Å². The molecule has 0 aliphatic carbocycles. The molecule has 94 valence electrons. The highest BCUT2D eigenvalue weighted by molar-refractivity contribution is 5.82. The molecule has 1 aromatic rings. The van der Waals surface area contributed by atoms with Gasteiger partial charge in [-0.3, -0.25) is 4.79 Å². The van der Waals surface area contributed by atoms with Crippen molar-refractivity contribution in [1.29, 1.82) is 0 Å². The lowest BCUT2D eigenvalue weighted by molar-refractivity contribution is -0.141. The third-order valence-corrected chi connectivity index (χ3v) is 1.95. The minimum atomic E-state index is -1.08. The molecule has 0 aromatic carbocycles. The Morgan fingerprint density at radius 2 is 2.35 bits per heavy atom. The summed E-state index contributed by atoms with van der Waals surface area (Å²) < 4.78 is 4.77. The summed E-state index contributed by atoms with van der Waals surface area (Å²) in [6, 6.07) is -0.935. The normalized spacial score (nSPS) is 12.1. The Balaban J connectivity index is 2.23. The highest BCUT2D eigenvalue weighted by Crippen LogP contribution is 1.90. The Hall–Kier alpha value is -1.96. The second kappa shape index (κ2) is 6.59. The van der Waals surface area contributed by atoms with Gasteiger partial charge >= 0.3 is 5.97 Å².